The van der Waals surface area contributed by atoms with Crippen LogP contribution in [0.25, 0.3) is 0 Å². The average molecular weight is 356 g/mol. The van der Waals surface area contributed by atoms with E-state index in [9.17, 15) is 4.79 Å². The Labute approximate surface area is 152 Å². The van der Waals surface area contributed by atoms with Crippen molar-refractivity contribution in [1.29, 1.82) is 0 Å². The summed E-state index contributed by atoms with van der Waals surface area (Å²) in [5.41, 5.74) is 1.44. The summed E-state index contributed by atoms with van der Waals surface area (Å²) in [5, 5.41) is 4.41. The normalized spacial score (nSPS) is 17.5. The number of carbonyl (C=O) groups is 1. The lowest BCUT2D eigenvalue weighted by Gasteiger charge is -2.37. The molecule has 2 aliphatic heterocycles. The minimum absolute atomic E-state index is 0.00511. The van der Waals surface area contributed by atoms with Crippen LogP contribution in [0.15, 0.2) is 18.5 Å². The molecule has 0 radical (unpaired) electrons. The summed E-state index contributed by atoms with van der Waals surface area (Å²) in [7, 11) is 2.06. The van der Waals surface area contributed by atoms with Crippen molar-refractivity contribution in [3.05, 3.63) is 29.8 Å². The molecule has 4 rings (SSSR count). The van der Waals surface area contributed by atoms with Crippen molar-refractivity contribution in [3.8, 4) is 5.88 Å². The molecule has 1 saturated heterocycles. The van der Waals surface area contributed by atoms with Gasteiger partial charge in [-0.2, -0.15) is 5.10 Å². The molecule has 2 aromatic heterocycles. The Kier molecular flexibility index (Phi) is 4.48. The maximum Gasteiger partial charge on any atom is 0.274 e. The van der Waals surface area contributed by atoms with Gasteiger partial charge in [-0.3, -0.25) is 4.79 Å². The zero-order valence-electron chi connectivity index (χ0n) is 15.3. The number of aromatic nitrogens is 4. The fourth-order valence-corrected chi connectivity index (χ4v) is 3.61. The predicted octanol–water partition coefficient (Wildman–Crippen LogP) is 1.51. The van der Waals surface area contributed by atoms with Crippen LogP contribution in [0.5, 0.6) is 5.88 Å². The second-order valence-electron chi connectivity index (χ2n) is 6.94. The third kappa shape index (κ3) is 3.23. The van der Waals surface area contributed by atoms with Crippen LogP contribution >= 0.6 is 0 Å². The SMILES string of the molecule is Cc1cc(N(C)C2CCN(C(=O)c3cc4n(n3)CCCO4)CC2)ncn1. The summed E-state index contributed by atoms with van der Waals surface area (Å²) in [6.45, 7) is 4.92. The largest absolute Gasteiger partial charge is 0.478 e. The van der Waals surface area contributed by atoms with Gasteiger partial charge in [0.15, 0.2) is 5.69 Å². The van der Waals surface area contributed by atoms with Gasteiger partial charge in [-0.1, -0.05) is 0 Å². The lowest BCUT2D eigenvalue weighted by Crippen LogP contribution is -2.46. The van der Waals surface area contributed by atoms with Crippen LogP contribution in [0.4, 0.5) is 5.82 Å². The number of ether oxygens (including phenoxy) is 1. The van der Waals surface area contributed by atoms with E-state index in [0.717, 1.165) is 50.4 Å². The molecule has 2 aromatic rings. The van der Waals surface area contributed by atoms with Crippen LogP contribution in [-0.2, 0) is 6.54 Å². The zero-order chi connectivity index (χ0) is 18.1. The predicted molar refractivity (Wildman–Crippen MR) is 96.4 cm³/mol. The van der Waals surface area contributed by atoms with Crippen LogP contribution in [0.2, 0.25) is 0 Å². The molecular weight excluding hydrogens is 332 g/mol. The monoisotopic (exact) mass is 356 g/mol. The molecule has 0 aromatic carbocycles. The number of rotatable bonds is 3. The molecule has 0 aliphatic carbocycles. The minimum atomic E-state index is -0.00511. The number of nitrogens with zero attached hydrogens (tertiary/aromatic N) is 6. The van der Waals surface area contributed by atoms with Crippen LogP contribution in [0, 0.1) is 6.92 Å². The molecule has 138 valence electrons. The summed E-state index contributed by atoms with van der Waals surface area (Å²) in [6.07, 6.45) is 4.36. The van der Waals surface area contributed by atoms with Crippen molar-refractivity contribution < 1.29 is 9.53 Å². The van der Waals surface area contributed by atoms with Gasteiger partial charge in [0, 0.05) is 57.0 Å². The average Bonchev–Trinajstić information content (AvgIpc) is 3.11. The number of hydrogen-bond donors (Lipinski definition) is 0. The second-order valence-corrected chi connectivity index (χ2v) is 6.94. The summed E-state index contributed by atoms with van der Waals surface area (Å²) >= 11 is 0. The third-order valence-corrected chi connectivity index (χ3v) is 5.18. The number of anilines is 1. The molecule has 0 spiro atoms. The van der Waals surface area contributed by atoms with E-state index in [4.69, 9.17) is 4.74 Å². The number of hydrogen-bond acceptors (Lipinski definition) is 6. The fraction of sp³-hybridized carbons (Fsp3) is 0.556. The molecule has 1 amide bonds. The first kappa shape index (κ1) is 16.8. The Hall–Kier alpha value is -2.64. The molecule has 0 atom stereocenters. The van der Waals surface area contributed by atoms with Crippen LogP contribution in [0.3, 0.4) is 0 Å². The summed E-state index contributed by atoms with van der Waals surface area (Å²) in [5.74, 6) is 1.63. The minimum Gasteiger partial charge on any atom is -0.478 e. The zero-order valence-corrected chi connectivity index (χ0v) is 15.3. The molecule has 0 saturated carbocycles. The van der Waals surface area contributed by atoms with Crippen LogP contribution < -0.4 is 9.64 Å². The van der Waals surface area contributed by atoms with Gasteiger partial charge in [-0.25, -0.2) is 14.6 Å². The Morgan fingerprint density at radius 1 is 1.23 bits per heavy atom. The van der Waals surface area contributed by atoms with Crippen molar-refractivity contribution in [3.63, 3.8) is 0 Å². The van der Waals surface area contributed by atoms with E-state index < -0.39 is 0 Å². The molecule has 0 N–H and O–H groups in total. The van der Waals surface area contributed by atoms with Crippen molar-refractivity contribution in [1.82, 2.24) is 24.6 Å². The van der Waals surface area contributed by atoms with E-state index in [0.29, 0.717) is 24.2 Å². The van der Waals surface area contributed by atoms with Crippen LogP contribution in [-0.4, -0.2) is 63.3 Å². The van der Waals surface area contributed by atoms with Gasteiger partial charge >= 0.3 is 0 Å². The molecule has 26 heavy (non-hydrogen) atoms. The van der Waals surface area contributed by atoms with Gasteiger partial charge in [0.1, 0.15) is 12.1 Å². The smallest absolute Gasteiger partial charge is 0.274 e. The van der Waals surface area contributed by atoms with E-state index in [1.54, 1.807) is 17.1 Å². The van der Waals surface area contributed by atoms with E-state index >= 15 is 0 Å². The van der Waals surface area contributed by atoms with Crippen LogP contribution in [0.1, 0.15) is 35.4 Å². The van der Waals surface area contributed by atoms with Gasteiger partial charge in [0.2, 0.25) is 5.88 Å². The molecule has 8 nitrogen and oxygen atoms in total. The maximum absolute atomic E-state index is 12.8. The van der Waals surface area contributed by atoms with Crippen molar-refractivity contribution in [2.24, 2.45) is 0 Å². The van der Waals surface area contributed by atoms with Gasteiger partial charge in [-0.05, 0) is 19.8 Å². The molecule has 2 aliphatic rings. The maximum atomic E-state index is 12.8. The highest BCUT2D eigenvalue weighted by molar-refractivity contribution is 5.92. The third-order valence-electron chi connectivity index (χ3n) is 5.18. The number of fused-ring (bicyclic) bond motifs is 1. The lowest BCUT2D eigenvalue weighted by molar-refractivity contribution is 0.0706. The highest BCUT2D eigenvalue weighted by atomic mass is 16.5. The Balaban J connectivity index is 1.38. The molecule has 8 heteroatoms. The highest BCUT2D eigenvalue weighted by Gasteiger charge is 2.28. The van der Waals surface area contributed by atoms with E-state index in [-0.39, 0.29) is 5.91 Å². The van der Waals surface area contributed by atoms with Gasteiger partial charge in [0.25, 0.3) is 5.91 Å². The number of piperidine rings is 1. The van der Waals surface area contributed by atoms with Gasteiger partial charge in [0.05, 0.1) is 6.61 Å². The molecule has 4 heterocycles. The van der Waals surface area contributed by atoms with Crippen molar-refractivity contribution >= 4 is 11.7 Å². The number of aryl methyl sites for hydroxylation is 2. The van der Waals surface area contributed by atoms with E-state index in [2.05, 4.69) is 27.0 Å². The molecular formula is C18H24N6O2. The fourth-order valence-electron chi connectivity index (χ4n) is 3.61. The lowest BCUT2D eigenvalue weighted by atomic mass is 10.0. The Morgan fingerprint density at radius 2 is 2.04 bits per heavy atom. The first-order valence-electron chi connectivity index (χ1n) is 9.13. The molecule has 0 bridgehead atoms. The Morgan fingerprint density at radius 3 is 2.77 bits per heavy atom. The van der Waals surface area contributed by atoms with E-state index in [1.807, 2.05) is 17.9 Å². The highest BCUT2D eigenvalue weighted by Crippen LogP contribution is 2.23. The number of likely N-dealkylation sites (tertiary alicyclic amines) is 1. The van der Waals surface area contributed by atoms with Gasteiger partial charge < -0.3 is 14.5 Å². The summed E-state index contributed by atoms with van der Waals surface area (Å²) < 4.78 is 7.35. The molecule has 1 fully saturated rings. The number of carbonyl (C=O) groups excluding carboxylic acids is 1. The summed E-state index contributed by atoms with van der Waals surface area (Å²) in [6, 6.07) is 4.13. The quantitative estimate of drug-likeness (QED) is 0.830. The second kappa shape index (κ2) is 6.93. The van der Waals surface area contributed by atoms with Crippen molar-refractivity contribution in [2.75, 3.05) is 31.6 Å². The summed E-state index contributed by atoms with van der Waals surface area (Å²) in [4.78, 5) is 25.4. The first-order valence-corrected chi connectivity index (χ1v) is 9.13. The topological polar surface area (TPSA) is 76.4 Å². The first-order chi connectivity index (χ1) is 12.6. The Bertz CT molecular complexity index is 773. The number of amides is 1. The molecule has 0 unspecified atom stereocenters. The standard InChI is InChI=1S/C18H24N6O2/c1-13-10-16(20-12-19-13)22(2)14-4-7-23(8-5-14)18(25)15-11-17-24(21-15)6-3-9-26-17/h10-12,14H,3-9H2,1-2H3. The van der Waals surface area contributed by atoms with Gasteiger partial charge in [-0.15, -0.1) is 0 Å². The van der Waals surface area contributed by atoms with Crippen molar-refractivity contribution in [2.45, 2.75) is 38.8 Å². The van der Waals surface area contributed by atoms with E-state index in [1.165, 1.54) is 0 Å².